The van der Waals surface area contributed by atoms with Crippen LogP contribution in [0.5, 0.6) is 0 Å². The molecule has 29 heavy (non-hydrogen) atoms. The van der Waals surface area contributed by atoms with Crippen LogP contribution in [0.15, 0.2) is 12.7 Å². The third kappa shape index (κ3) is 5.49. The number of hydrogen-bond acceptors (Lipinski definition) is 11. The standard InChI is InChI=1S/C17H29NO11/c1-3-4-26-16-10(18-7(2)21)15(12(23)9(6-20)27-16)29-17-14(25)13(24)11(22)8(5-19)28-17/h3,8-17,19-20,22-25H,1,4-6H2,2H3,(H,18,21). The van der Waals surface area contributed by atoms with E-state index in [1.54, 1.807) is 0 Å². The lowest BCUT2D eigenvalue weighted by Gasteiger charge is -2.47. The molecule has 2 saturated heterocycles. The van der Waals surface area contributed by atoms with Crippen molar-refractivity contribution in [1.82, 2.24) is 5.32 Å². The second kappa shape index (κ2) is 10.7. The SMILES string of the molecule is C=CCOC1OC(CO)C(O)C(OC2OC(CO)C(O)C(O)C2O)C1NC(C)=O. The van der Waals surface area contributed by atoms with Crippen molar-refractivity contribution in [3.05, 3.63) is 12.7 Å². The highest BCUT2D eigenvalue weighted by Crippen LogP contribution is 2.29. The zero-order valence-corrected chi connectivity index (χ0v) is 15.9. The quantitative estimate of drug-likeness (QED) is 0.188. The molecule has 10 unspecified atom stereocenters. The zero-order chi connectivity index (χ0) is 21.7. The van der Waals surface area contributed by atoms with E-state index in [-0.39, 0.29) is 6.61 Å². The van der Waals surface area contributed by atoms with Gasteiger partial charge in [-0.2, -0.15) is 0 Å². The molecule has 0 aliphatic carbocycles. The first-order chi connectivity index (χ1) is 13.7. The summed E-state index contributed by atoms with van der Waals surface area (Å²) in [5.74, 6) is -0.497. The minimum atomic E-state index is -1.72. The van der Waals surface area contributed by atoms with Gasteiger partial charge in [-0.05, 0) is 0 Å². The number of amides is 1. The minimum Gasteiger partial charge on any atom is -0.394 e. The van der Waals surface area contributed by atoms with E-state index in [2.05, 4.69) is 11.9 Å². The molecule has 0 spiro atoms. The Hall–Kier alpha value is -1.19. The Labute approximate surface area is 167 Å². The number of hydrogen-bond donors (Lipinski definition) is 7. The summed E-state index contributed by atoms with van der Waals surface area (Å²) in [5.41, 5.74) is 0. The molecule has 7 N–H and O–H groups in total. The maximum absolute atomic E-state index is 11.7. The van der Waals surface area contributed by atoms with E-state index in [1.807, 2.05) is 0 Å². The predicted octanol–water partition coefficient (Wildman–Crippen LogP) is -4.04. The van der Waals surface area contributed by atoms with E-state index >= 15 is 0 Å². The van der Waals surface area contributed by atoms with Crippen molar-refractivity contribution in [2.75, 3.05) is 19.8 Å². The minimum absolute atomic E-state index is 0.0295. The molecule has 0 bridgehead atoms. The maximum atomic E-state index is 11.7. The van der Waals surface area contributed by atoms with Crippen LogP contribution < -0.4 is 5.32 Å². The summed E-state index contributed by atoms with van der Waals surface area (Å²) in [6, 6.07) is -1.09. The van der Waals surface area contributed by atoms with Crippen molar-refractivity contribution in [2.45, 2.75) is 68.3 Å². The van der Waals surface area contributed by atoms with E-state index in [4.69, 9.17) is 18.9 Å². The van der Waals surface area contributed by atoms with Crippen LogP contribution in [0.25, 0.3) is 0 Å². The van der Waals surface area contributed by atoms with E-state index in [9.17, 15) is 35.4 Å². The molecule has 2 fully saturated rings. The summed E-state index contributed by atoms with van der Waals surface area (Å²) in [6.07, 6.45) is -11.4. The van der Waals surface area contributed by atoms with Gasteiger partial charge in [0.25, 0.3) is 0 Å². The van der Waals surface area contributed by atoms with Gasteiger partial charge in [0.2, 0.25) is 5.91 Å². The molecule has 0 radical (unpaired) electrons. The first-order valence-electron chi connectivity index (χ1n) is 9.15. The Balaban J connectivity index is 2.27. The molecule has 2 rings (SSSR count). The fourth-order valence-corrected chi connectivity index (χ4v) is 3.26. The maximum Gasteiger partial charge on any atom is 0.217 e. The molecule has 0 aromatic carbocycles. The summed E-state index contributed by atoms with van der Waals surface area (Å²) in [7, 11) is 0. The largest absolute Gasteiger partial charge is 0.394 e. The molecule has 0 saturated carbocycles. The first-order valence-corrected chi connectivity index (χ1v) is 9.15. The van der Waals surface area contributed by atoms with Crippen LogP contribution >= 0.6 is 0 Å². The highest BCUT2D eigenvalue weighted by atomic mass is 16.7. The smallest absolute Gasteiger partial charge is 0.217 e. The molecule has 0 aromatic rings. The number of carbonyl (C=O) groups is 1. The number of aliphatic hydroxyl groups excluding tert-OH is 6. The molecule has 2 aliphatic rings. The summed E-state index contributed by atoms with van der Waals surface area (Å²) in [4.78, 5) is 11.7. The van der Waals surface area contributed by atoms with Gasteiger partial charge in [-0.25, -0.2) is 0 Å². The Bertz CT molecular complexity index is 547. The van der Waals surface area contributed by atoms with Crippen LogP contribution in [0.3, 0.4) is 0 Å². The second-order valence-electron chi connectivity index (χ2n) is 6.86. The summed E-state index contributed by atoms with van der Waals surface area (Å²) >= 11 is 0. The topological polar surface area (TPSA) is 187 Å². The van der Waals surface area contributed by atoms with Gasteiger partial charge >= 0.3 is 0 Å². The molecular formula is C17H29NO11. The summed E-state index contributed by atoms with van der Waals surface area (Å²) in [6.45, 7) is 3.50. The summed E-state index contributed by atoms with van der Waals surface area (Å²) in [5, 5.41) is 62.0. The van der Waals surface area contributed by atoms with Crippen molar-refractivity contribution in [3.63, 3.8) is 0 Å². The Kier molecular flexibility index (Phi) is 8.91. The van der Waals surface area contributed by atoms with Crippen LogP contribution in [-0.2, 0) is 23.7 Å². The average molecular weight is 423 g/mol. The molecule has 12 heteroatoms. The van der Waals surface area contributed by atoms with Gasteiger partial charge in [-0.1, -0.05) is 6.08 Å². The predicted molar refractivity (Wildman–Crippen MR) is 94.1 cm³/mol. The Morgan fingerprint density at radius 1 is 1.00 bits per heavy atom. The number of rotatable bonds is 8. The number of carbonyl (C=O) groups excluding carboxylic acids is 1. The van der Waals surface area contributed by atoms with Crippen molar-refractivity contribution in [1.29, 1.82) is 0 Å². The third-order valence-electron chi connectivity index (χ3n) is 4.74. The van der Waals surface area contributed by atoms with E-state index in [0.717, 1.165) is 0 Å². The molecule has 2 aliphatic heterocycles. The lowest BCUT2D eigenvalue weighted by molar-refractivity contribution is -0.344. The van der Waals surface area contributed by atoms with Crippen LogP contribution in [0, 0.1) is 0 Å². The molecule has 2 heterocycles. The summed E-state index contributed by atoms with van der Waals surface area (Å²) < 4.78 is 21.9. The Morgan fingerprint density at radius 2 is 1.59 bits per heavy atom. The lowest BCUT2D eigenvalue weighted by Crippen LogP contribution is -2.68. The van der Waals surface area contributed by atoms with Gasteiger partial charge in [-0.15, -0.1) is 6.58 Å². The molecule has 12 nitrogen and oxygen atoms in total. The normalized spacial score (nSPS) is 43.0. The van der Waals surface area contributed by atoms with E-state index < -0.39 is 80.5 Å². The second-order valence-corrected chi connectivity index (χ2v) is 6.86. The van der Waals surface area contributed by atoms with Crippen LogP contribution in [-0.4, -0.2) is 118 Å². The van der Waals surface area contributed by atoms with Gasteiger partial charge in [0.15, 0.2) is 12.6 Å². The van der Waals surface area contributed by atoms with Crippen LogP contribution in [0.1, 0.15) is 6.92 Å². The van der Waals surface area contributed by atoms with Gasteiger partial charge in [-0.3, -0.25) is 4.79 Å². The molecule has 0 aromatic heterocycles. The lowest BCUT2D eigenvalue weighted by atomic mass is 9.95. The van der Waals surface area contributed by atoms with Crippen molar-refractivity contribution in [3.8, 4) is 0 Å². The molecular weight excluding hydrogens is 394 g/mol. The highest BCUT2D eigenvalue weighted by molar-refractivity contribution is 5.73. The monoisotopic (exact) mass is 423 g/mol. The Morgan fingerprint density at radius 3 is 2.14 bits per heavy atom. The molecule has 168 valence electrons. The fourth-order valence-electron chi connectivity index (χ4n) is 3.26. The highest BCUT2D eigenvalue weighted by Gasteiger charge is 2.51. The third-order valence-corrected chi connectivity index (χ3v) is 4.74. The van der Waals surface area contributed by atoms with Crippen LogP contribution in [0.4, 0.5) is 0 Å². The van der Waals surface area contributed by atoms with Gasteiger partial charge in [0, 0.05) is 6.92 Å². The van der Waals surface area contributed by atoms with Gasteiger partial charge in [0.1, 0.15) is 48.8 Å². The van der Waals surface area contributed by atoms with Crippen molar-refractivity contribution < 1.29 is 54.4 Å². The molecule has 1 amide bonds. The number of aliphatic hydroxyl groups is 6. The average Bonchev–Trinajstić information content (AvgIpc) is 2.69. The van der Waals surface area contributed by atoms with Crippen molar-refractivity contribution >= 4 is 5.91 Å². The molecule has 10 atom stereocenters. The number of nitrogens with one attached hydrogen (secondary N) is 1. The van der Waals surface area contributed by atoms with Crippen LogP contribution in [0.2, 0.25) is 0 Å². The zero-order valence-electron chi connectivity index (χ0n) is 15.9. The van der Waals surface area contributed by atoms with Crippen molar-refractivity contribution in [2.24, 2.45) is 0 Å². The van der Waals surface area contributed by atoms with E-state index in [1.165, 1.54) is 13.0 Å². The number of ether oxygens (including phenoxy) is 4. The van der Waals surface area contributed by atoms with Gasteiger partial charge in [0.05, 0.1) is 19.8 Å². The van der Waals surface area contributed by atoms with Gasteiger partial charge < -0.3 is 54.9 Å². The fraction of sp³-hybridized carbons (Fsp3) is 0.824. The first kappa shape index (κ1) is 24.1. The van der Waals surface area contributed by atoms with E-state index in [0.29, 0.717) is 0 Å².